The molecule has 0 aliphatic carbocycles. The highest BCUT2D eigenvalue weighted by molar-refractivity contribution is 6.30. The summed E-state index contributed by atoms with van der Waals surface area (Å²) in [5.74, 6) is -0.339. The van der Waals surface area contributed by atoms with Crippen LogP contribution in [0.2, 0.25) is 5.02 Å². The van der Waals surface area contributed by atoms with E-state index in [2.05, 4.69) is 10.6 Å². The van der Waals surface area contributed by atoms with Crippen molar-refractivity contribution in [2.45, 2.75) is 19.4 Å². The van der Waals surface area contributed by atoms with Crippen molar-refractivity contribution in [1.82, 2.24) is 5.32 Å². The minimum Gasteiger partial charge on any atom is -0.331 e. The molecule has 110 valence electrons. The molecule has 0 radical (unpaired) electrons. The molecule has 2 aromatic rings. The number of amides is 2. The second-order valence-electron chi connectivity index (χ2n) is 4.62. The Kier molecular flexibility index (Phi) is 5.17. The monoisotopic (exact) mass is 306 g/mol. The van der Waals surface area contributed by atoms with E-state index in [1.165, 1.54) is 24.3 Å². The van der Waals surface area contributed by atoms with E-state index in [0.29, 0.717) is 10.7 Å². The number of benzene rings is 2. The average molecular weight is 307 g/mol. The first-order valence-electron chi connectivity index (χ1n) is 6.67. The third-order valence-corrected chi connectivity index (χ3v) is 3.34. The lowest BCUT2D eigenvalue weighted by Gasteiger charge is -2.18. The van der Waals surface area contributed by atoms with Gasteiger partial charge in [0.1, 0.15) is 5.82 Å². The first kappa shape index (κ1) is 15.3. The number of halogens is 2. The van der Waals surface area contributed by atoms with Crippen molar-refractivity contribution in [2.24, 2.45) is 0 Å². The molecule has 0 saturated carbocycles. The van der Waals surface area contributed by atoms with Crippen molar-refractivity contribution < 1.29 is 9.18 Å². The molecule has 0 fully saturated rings. The Morgan fingerprint density at radius 1 is 1.14 bits per heavy atom. The van der Waals surface area contributed by atoms with Crippen LogP contribution in [0, 0.1) is 5.82 Å². The predicted octanol–water partition coefficient (Wildman–Crippen LogP) is 4.75. The SMILES string of the molecule is CCC(NC(=O)Nc1ccc(F)cc1)c1ccc(Cl)cc1. The van der Waals surface area contributed by atoms with E-state index in [4.69, 9.17) is 11.6 Å². The van der Waals surface area contributed by atoms with Crippen LogP contribution in [0.1, 0.15) is 24.9 Å². The average Bonchev–Trinajstić information content (AvgIpc) is 2.48. The molecule has 0 heterocycles. The summed E-state index contributed by atoms with van der Waals surface area (Å²) in [6.07, 6.45) is 0.748. The molecule has 5 heteroatoms. The number of urea groups is 1. The summed E-state index contributed by atoms with van der Waals surface area (Å²) >= 11 is 5.86. The molecular formula is C16H16ClFN2O. The maximum absolute atomic E-state index is 12.8. The normalized spacial score (nSPS) is 11.8. The minimum absolute atomic E-state index is 0.109. The fourth-order valence-corrected chi connectivity index (χ4v) is 2.10. The van der Waals surface area contributed by atoms with Gasteiger partial charge in [-0.3, -0.25) is 0 Å². The van der Waals surface area contributed by atoms with E-state index in [1.807, 2.05) is 19.1 Å². The molecule has 0 saturated heterocycles. The number of anilines is 1. The molecule has 2 amide bonds. The van der Waals surface area contributed by atoms with E-state index >= 15 is 0 Å². The summed E-state index contributed by atoms with van der Waals surface area (Å²) in [6.45, 7) is 1.98. The lowest BCUT2D eigenvalue weighted by Crippen LogP contribution is -2.32. The van der Waals surface area contributed by atoms with Gasteiger partial charge in [-0.2, -0.15) is 0 Å². The van der Waals surface area contributed by atoms with Crippen LogP contribution in [-0.2, 0) is 0 Å². The smallest absolute Gasteiger partial charge is 0.319 e. The van der Waals surface area contributed by atoms with Crippen molar-refractivity contribution in [3.05, 3.63) is 64.9 Å². The van der Waals surface area contributed by atoms with E-state index in [-0.39, 0.29) is 17.9 Å². The highest BCUT2D eigenvalue weighted by Gasteiger charge is 2.12. The molecule has 0 spiro atoms. The zero-order chi connectivity index (χ0) is 15.2. The van der Waals surface area contributed by atoms with E-state index in [0.717, 1.165) is 12.0 Å². The van der Waals surface area contributed by atoms with Gasteiger partial charge in [0.15, 0.2) is 0 Å². The van der Waals surface area contributed by atoms with Crippen LogP contribution in [0.5, 0.6) is 0 Å². The molecule has 0 aliphatic heterocycles. The number of rotatable bonds is 4. The summed E-state index contributed by atoms with van der Waals surface area (Å²) < 4.78 is 12.8. The number of hydrogen-bond donors (Lipinski definition) is 2. The number of carbonyl (C=O) groups excluding carboxylic acids is 1. The number of carbonyl (C=O) groups is 1. The molecule has 0 aromatic heterocycles. The first-order valence-corrected chi connectivity index (χ1v) is 7.05. The second kappa shape index (κ2) is 7.09. The van der Waals surface area contributed by atoms with Crippen molar-refractivity contribution in [3.8, 4) is 0 Å². The van der Waals surface area contributed by atoms with E-state index in [1.54, 1.807) is 12.1 Å². The maximum atomic E-state index is 12.8. The van der Waals surface area contributed by atoms with Crippen molar-refractivity contribution in [3.63, 3.8) is 0 Å². The quantitative estimate of drug-likeness (QED) is 0.840. The first-order chi connectivity index (χ1) is 10.1. The van der Waals surface area contributed by atoms with E-state index < -0.39 is 0 Å². The number of hydrogen-bond acceptors (Lipinski definition) is 1. The second-order valence-corrected chi connectivity index (χ2v) is 5.05. The van der Waals surface area contributed by atoms with Gasteiger partial charge in [-0.1, -0.05) is 30.7 Å². The van der Waals surface area contributed by atoms with Crippen LogP contribution < -0.4 is 10.6 Å². The molecule has 1 unspecified atom stereocenters. The Balaban J connectivity index is 1.99. The summed E-state index contributed by atoms with van der Waals surface area (Å²) in [4.78, 5) is 12.0. The maximum Gasteiger partial charge on any atom is 0.319 e. The van der Waals surface area contributed by atoms with Gasteiger partial charge in [0.25, 0.3) is 0 Å². The van der Waals surface area contributed by atoms with Gasteiger partial charge >= 0.3 is 6.03 Å². The molecule has 2 N–H and O–H groups in total. The van der Waals surface area contributed by atoms with Crippen LogP contribution in [0.25, 0.3) is 0 Å². The highest BCUT2D eigenvalue weighted by Crippen LogP contribution is 2.19. The summed E-state index contributed by atoms with van der Waals surface area (Å²) in [6, 6.07) is 12.5. The summed E-state index contributed by atoms with van der Waals surface area (Å²) in [5, 5.41) is 6.21. The van der Waals surface area contributed by atoms with Crippen molar-refractivity contribution in [2.75, 3.05) is 5.32 Å². The van der Waals surface area contributed by atoms with Crippen LogP contribution in [-0.4, -0.2) is 6.03 Å². The van der Waals surface area contributed by atoms with Gasteiger partial charge in [-0.25, -0.2) is 9.18 Å². The molecular weight excluding hydrogens is 291 g/mol. The molecule has 21 heavy (non-hydrogen) atoms. The Morgan fingerprint density at radius 3 is 2.33 bits per heavy atom. The fourth-order valence-electron chi connectivity index (χ4n) is 1.97. The molecule has 3 nitrogen and oxygen atoms in total. The van der Waals surface area contributed by atoms with Gasteiger partial charge in [0.2, 0.25) is 0 Å². The summed E-state index contributed by atoms with van der Waals surface area (Å²) in [7, 11) is 0. The predicted molar refractivity (Wildman–Crippen MR) is 83.0 cm³/mol. The lowest BCUT2D eigenvalue weighted by molar-refractivity contribution is 0.248. The summed E-state index contributed by atoms with van der Waals surface area (Å²) in [5.41, 5.74) is 1.52. The van der Waals surface area contributed by atoms with Crippen LogP contribution in [0.15, 0.2) is 48.5 Å². The third-order valence-electron chi connectivity index (χ3n) is 3.09. The fraction of sp³-hybridized carbons (Fsp3) is 0.188. The van der Waals surface area contributed by atoms with Crippen LogP contribution in [0.4, 0.5) is 14.9 Å². The Bertz CT molecular complexity index is 599. The molecule has 0 bridgehead atoms. The molecule has 0 aliphatic rings. The van der Waals surface area contributed by atoms with Crippen molar-refractivity contribution >= 4 is 23.3 Å². The molecule has 2 rings (SSSR count). The Labute approximate surface area is 128 Å². The topological polar surface area (TPSA) is 41.1 Å². The zero-order valence-corrected chi connectivity index (χ0v) is 12.3. The Hall–Kier alpha value is -2.07. The minimum atomic E-state index is -0.339. The van der Waals surface area contributed by atoms with Crippen molar-refractivity contribution in [1.29, 1.82) is 0 Å². The van der Waals surface area contributed by atoms with Gasteiger partial charge in [-0.05, 0) is 48.4 Å². The van der Waals surface area contributed by atoms with Gasteiger partial charge < -0.3 is 10.6 Å². The van der Waals surface area contributed by atoms with Crippen LogP contribution in [0.3, 0.4) is 0 Å². The Morgan fingerprint density at radius 2 is 1.76 bits per heavy atom. The highest BCUT2D eigenvalue weighted by atomic mass is 35.5. The molecule has 1 atom stereocenters. The van der Waals surface area contributed by atoms with Gasteiger partial charge in [-0.15, -0.1) is 0 Å². The molecule has 2 aromatic carbocycles. The third kappa shape index (κ3) is 4.46. The number of nitrogens with one attached hydrogen (secondary N) is 2. The van der Waals surface area contributed by atoms with Gasteiger partial charge in [0, 0.05) is 10.7 Å². The van der Waals surface area contributed by atoms with E-state index in [9.17, 15) is 9.18 Å². The van der Waals surface area contributed by atoms with Gasteiger partial charge in [0.05, 0.1) is 6.04 Å². The zero-order valence-electron chi connectivity index (χ0n) is 11.6. The van der Waals surface area contributed by atoms with Crippen LogP contribution >= 0.6 is 11.6 Å². The standard InChI is InChI=1S/C16H16ClFN2O/c1-2-15(11-3-5-12(17)6-4-11)20-16(21)19-14-9-7-13(18)8-10-14/h3-10,15H,2H2,1H3,(H2,19,20,21). The largest absolute Gasteiger partial charge is 0.331 e. The lowest BCUT2D eigenvalue weighted by atomic mass is 10.1.